The summed E-state index contributed by atoms with van der Waals surface area (Å²) in [6.45, 7) is 6.54. The van der Waals surface area contributed by atoms with Crippen molar-refractivity contribution in [2.24, 2.45) is 0 Å². The van der Waals surface area contributed by atoms with Gasteiger partial charge in [-0.3, -0.25) is 9.59 Å². The molecule has 0 aromatic heterocycles. The summed E-state index contributed by atoms with van der Waals surface area (Å²) in [4.78, 5) is 23.2. The first-order chi connectivity index (χ1) is 9.67. The number of ether oxygens (including phenoxy) is 1. The number of rotatable bonds is 8. The fraction of sp³-hybridized carbons (Fsp3) is 0.333. The van der Waals surface area contributed by atoms with Crippen LogP contribution in [0.25, 0.3) is 0 Å². The van der Waals surface area contributed by atoms with E-state index in [-0.39, 0.29) is 18.4 Å². The van der Waals surface area contributed by atoms with Gasteiger partial charge in [-0.1, -0.05) is 19.6 Å². The summed E-state index contributed by atoms with van der Waals surface area (Å²) in [7, 11) is 0. The Labute approximate surface area is 119 Å². The molecule has 0 saturated heterocycles. The van der Waals surface area contributed by atoms with Gasteiger partial charge in [-0.15, -0.1) is 0 Å². The van der Waals surface area contributed by atoms with Gasteiger partial charge in [-0.05, 0) is 30.7 Å². The number of hydrogen-bond donors (Lipinski definition) is 2. The number of benzene rings is 1. The Morgan fingerprint density at radius 2 is 1.95 bits per heavy atom. The molecular weight excluding hydrogens is 256 g/mol. The minimum atomic E-state index is -0.285. The summed E-state index contributed by atoms with van der Waals surface area (Å²) in [5.74, 6) is 0.195. The van der Waals surface area contributed by atoms with Crippen LogP contribution in [0.4, 0.5) is 0 Å². The Morgan fingerprint density at radius 3 is 2.55 bits per heavy atom. The van der Waals surface area contributed by atoms with Gasteiger partial charge in [-0.2, -0.15) is 0 Å². The van der Waals surface area contributed by atoms with Crippen molar-refractivity contribution in [2.75, 3.05) is 19.7 Å². The third-order valence-electron chi connectivity index (χ3n) is 2.47. The lowest BCUT2D eigenvalue weighted by Gasteiger charge is -2.07. The van der Waals surface area contributed by atoms with E-state index in [0.717, 1.165) is 6.42 Å². The van der Waals surface area contributed by atoms with Crippen LogP contribution >= 0.6 is 0 Å². The number of carbonyl (C=O) groups is 2. The summed E-state index contributed by atoms with van der Waals surface area (Å²) < 4.78 is 5.32. The highest BCUT2D eigenvalue weighted by molar-refractivity contribution is 5.96. The smallest absolute Gasteiger partial charge is 0.251 e. The fourth-order valence-electron chi connectivity index (χ4n) is 1.45. The number of carbonyl (C=O) groups excluding carboxylic acids is 2. The van der Waals surface area contributed by atoms with Gasteiger partial charge in [0.05, 0.1) is 6.54 Å². The predicted octanol–water partition coefficient (Wildman–Crippen LogP) is 1.51. The van der Waals surface area contributed by atoms with E-state index in [1.54, 1.807) is 30.3 Å². The summed E-state index contributed by atoms with van der Waals surface area (Å²) in [5.41, 5.74) is 0.485. The van der Waals surface area contributed by atoms with E-state index in [1.807, 2.05) is 6.92 Å². The lowest BCUT2D eigenvalue weighted by molar-refractivity contribution is -0.120. The van der Waals surface area contributed by atoms with Crippen molar-refractivity contribution in [2.45, 2.75) is 13.3 Å². The van der Waals surface area contributed by atoms with Gasteiger partial charge in [0, 0.05) is 12.1 Å². The second kappa shape index (κ2) is 8.74. The monoisotopic (exact) mass is 276 g/mol. The molecule has 5 heteroatoms. The molecule has 0 heterocycles. The first-order valence-electron chi connectivity index (χ1n) is 6.56. The minimum absolute atomic E-state index is 0.0203. The number of nitrogens with one attached hydrogen (secondary N) is 2. The summed E-state index contributed by atoms with van der Waals surface area (Å²) in [6.07, 6.45) is 2.52. The highest BCUT2D eigenvalue weighted by Gasteiger charge is 2.07. The standard InChI is InChI=1S/C15H20N2O3/c1-3-9-16-14(18)11-17-15(19)12-5-7-13(8-6-12)20-10-4-2/h4-8H,2-3,9-11H2,1H3,(H,16,18)(H,17,19). The normalized spacial score (nSPS) is 9.65. The average molecular weight is 276 g/mol. The molecule has 0 radical (unpaired) electrons. The van der Waals surface area contributed by atoms with Crippen molar-refractivity contribution in [1.29, 1.82) is 0 Å². The topological polar surface area (TPSA) is 67.4 Å². The molecule has 0 atom stereocenters. The summed E-state index contributed by atoms with van der Waals surface area (Å²) in [5, 5.41) is 5.25. The lowest BCUT2D eigenvalue weighted by Crippen LogP contribution is -2.37. The molecular formula is C15H20N2O3. The third-order valence-corrected chi connectivity index (χ3v) is 2.47. The van der Waals surface area contributed by atoms with Crippen molar-refractivity contribution in [1.82, 2.24) is 10.6 Å². The van der Waals surface area contributed by atoms with E-state index in [9.17, 15) is 9.59 Å². The van der Waals surface area contributed by atoms with E-state index >= 15 is 0 Å². The molecule has 5 nitrogen and oxygen atoms in total. The van der Waals surface area contributed by atoms with Crippen LogP contribution in [-0.4, -0.2) is 31.5 Å². The van der Waals surface area contributed by atoms with Gasteiger partial charge in [-0.25, -0.2) is 0 Å². The van der Waals surface area contributed by atoms with Crippen molar-refractivity contribution in [3.63, 3.8) is 0 Å². The molecule has 0 bridgehead atoms. The average Bonchev–Trinajstić information content (AvgIpc) is 2.49. The molecule has 2 N–H and O–H groups in total. The van der Waals surface area contributed by atoms with E-state index in [2.05, 4.69) is 17.2 Å². The first-order valence-corrected chi connectivity index (χ1v) is 6.56. The highest BCUT2D eigenvalue weighted by atomic mass is 16.5. The molecule has 0 spiro atoms. The van der Waals surface area contributed by atoms with Gasteiger partial charge < -0.3 is 15.4 Å². The number of hydrogen-bond acceptors (Lipinski definition) is 3. The van der Waals surface area contributed by atoms with Crippen LogP contribution in [0.15, 0.2) is 36.9 Å². The molecule has 0 aliphatic rings. The van der Waals surface area contributed by atoms with E-state index in [0.29, 0.717) is 24.5 Å². The highest BCUT2D eigenvalue weighted by Crippen LogP contribution is 2.11. The van der Waals surface area contributed by atoms with Crippen molar-refractivity contribution < 1.29 is 14.3 Å². The predicted molar refractivity (Wildman–Crippen MR) is 77.8 cm³/mol. The van der Waals surface area contributed by atoms with Gasteiger partial charge in [0.25, 0.3) is 5.91 Å². The summed E-state index contributed by atoms with van der Waals surface area (Å²) >= 11 is 0. The van der Waals surface area contributed by atoms with Gasteiger partial charge in [0.1, 0.15) is 12.4 Å². The minimum Gasteiger partial charge on any atom is -0.490 e. The van der Waals surface area contributed by atoms with Crippen LogP contribution in [0.5, 0.6) is 5.75 Å². The summed E-state index contributed by atoms with van der Waals surface area (Å²) in [6, 6.07) is 6.71. The quantitative estimate of drug-likeness (QED) is 0.707. The van der Waals surface area contributed by atoms with Crippen LogP contribution in [0.3, 0.4) is 0 Å². The van der Waals surface area contributed by atoms with Crippen molar-refractivity contribution in [3.8, 4) is 5.75 Å². The van der Waals surface area contributed by atoms with E-state index in [1.165, 1.54) is 0 Å². The molecule has 108 valence electrons. The number of amides is 2. The molecule has 20 heavy (non-hydrogen) atoms. The zero-order valence-corrected chi connectivity index (χ0v) is 11.6. The third kappa shape index (κ3) is 5.56. The maximum Gasteiger partial charge on any atom is 0.251 e. The molecule has 0 aliphatic carbocycles. The zero-order chi connectivity index (χ0) is 14.8. The Balaban J connectivity index is 2.43. The van der Waals surface area contributed by atoms with E-state index in [4.69, 9.17) is 4.74 Å². The maximum absolute atomic E-state index is 11.8. The van der Waals surface area contributed by atoms with Gasteiger partial charge in [0.15, 0.2) is 0 Å². The molecule has 2 amide bonds. The fourth-order valence-corrected chi connectivity index (χ4v) is 1.45. The van der Waals surface area contributed by atoms with Crippen LogP contribution < -0.4 is 15.4 Å². The van der Waals surface area contributed by atoms with Gasteiger partial charge in [0.2, 0.25) is 5.91 Å². The largest absolute Gasteiger partial charge is 0.490 e. The van der Waals surface area contributed by atoms with Crippen molar-refractivity contribution >= 4 is 11.8 Å². The first kappa shape index (κ1) is 15.8. The Kier molecular flexibility index (Phi) is 6.89. The van der Waals surface area contributed by atoms with E-state index < -0.39 is 0 Å². The SMILES string of the molecule is C=CCOc1ccc(C(=O)NCC(=O)NCCC)cc1. The molecule has 1 rings (SSSR count). The zero-order valence-electron chi connectivity index (χ0n) is 11.6. The second-order valence-corrected chi connectivity index (χ2v) is 4.16. The molecule has 1 aromatic rings. The molecule has 0 aliphatic heterocycles. The van der Waals surface area contributed by atoms with Gasteiger partial charge >= 0.3 is 0 Å². The van der Waals surface area contributed by atoms with Crippen LogP contribution in [0.2, 0.25) is 0 Å². The van der Waals surface area contributed by atoms with Crippen LogP contribution in [0, 0.1) is 0 Å². The second-order valence-electron chi connectivity index (χ2n) is 4.16. The lowest BCUT2D eigenvalue weighted by atomic mass is 10.2. The Hall–Kier alpha value is -2.30. The Morgan fingerprint density at radius 1 is 1.25 bits per heavy atom. The molecule has 0 saturated carbocycles. The van der Waals surface area contributed by atoms with Crippen molar-refractivity contribution in [3.05, 3.63) is 42.5 Å². The molecule has 0 fully saturated rings. The van der Waals surface area contributed by atoms with Crippen LogP contribution in [0.1, 0.15) is 23.7 Å². The maximum atomic E-state index is 11.8. The Bertz CT molecular complexity index is 455. The van der Waals surface area contributed by atoms with Crippen LogP contribution in [-0.2, 0) is 4.79 Å². The molecule has 0 unspecified atom stereocenters. The molecule has 1 aromatic carbocycles.